The minimum absolute atomic E-state index is 0.0345. The van der Waals surface area contributed by atoms with E-state index in [4.69, 9.17) is 4.74 Å². The summed E-state index contributed by atoms with van der Waals surface area (Å²) >= 11 is 8.93. The Morgan fingerprint density at radius 3 is 2.35 bits per heavy atom. The average molecular weight is 673 g/mol. The number of carboxylic acid groups (broad SMARTS) is 2. The van der Waals surface area contributed by atoms with E-state index >= 15 is 0 Å². The van der Waals surface area contributed by atoms with Crippen LogP contribution in [-0.4, -0.2) is 73.9 Å². The van der Waals surface area contributed by atoms with E-state index in [0.717, 1.165) is 27.7 Å². The van der Waals surface area contributed by atoms with Gasteiger partial charge >= 0.3 is 11.9 Å². The Hall–Kier alpha value is -3.16. The fourth-order valence-electron chi connectivity index (χ4n) is 7.62. The zero-order valence-electron chi connectivity index (χ0n) is 26.7. The lowest BCUT2D eigenvalue weighted by atomic mass is 9.83. The Morgan fingerprint density at radius 2 is 1.72 bits per heavy atom. The number of nitrogens with one attached hydrogen (secondary N) is 4. The molecule has 2 amide bonds. The third kappa shape index (κ3) is 6.25. The van der Waals surface area contributed by atoms with Gasteiger partial charge in [0.05, 0.1) is 12.1 Å². The van der Waals surface area contributed by atoms with Gasteiger partial charge in [-0.25, -0.2) is 0 Å². The molecule has 6 N–H and O–H groups in total. The first-order valence-electron chi connectivity index (χ1n) is 15.8. The van der Waals surface area contributed by atoms with Crippen molar-refractivity contribution < 1.29 is 34.1 Å². The number of H-pyrrole nitrogens is 1. The molecule has 0 radical (unpaired) electrons. The predicted molar refractivity (Wildman–Crippen MR) is 180 cm³/mol. The van der Waals surface area contributed by atoms with E-state index < -0.39 is 17.7 Å². The maximum absolute atomic E-state index is 12.7. The van der Waals surface area contributed by atoms with Crippen LogP contribution in [0.3, 0.4) is 0 Å². The Balaban J connectivity index is 1.55. The summed E-state index contributed by atoms with van der Waals surface area (Å²) in [6.45, 7) is 9.79. The minimum atomic E-state index is -0.918. The Bertz CT molecular complexity index is 1630. The van der Waals surface area contributed by atoms with Crippen molar-refractivity contribution in [2.24, 2.45) is 23.7 Å². The van der Waals surface area contributed by atoms with Crippen molar-refractivity contribution in [2.45, 2.75) is 89.5 Å². The summed E-state index contributed by atoms with van der Waals surface area (Å²) in [6.07, 6.45) is 5.79. The molecule has 0 saturated carbocycles. The van der Waals surface area contributed by atoms with Crippen molar-refractivity contribution in [1.29, 1.82) is 0 Å². The second kappa shape index (κ2) is 13.2. The van der Waals surface area contributed by atoms with Gasteiger partial charge in [-0.3, -0.25) is 19.2 Å². The van der Waals surface area contributed by atoms with Gasteiger partial charge in [0.25, 0.3) is 0 Å². The van der Waals surface area contributed by atoms with E-state index in [1.165, 1.54) is 0 Å². The smallest absolute Gasteiger partial charge is 0.303 e. The van der Waals surface area contributed by atoms with Crippen LogP contribution in [0, 0.1) is 30.6 Å². The summed E-state index contributed by atoms with van der Waals surface area (Å²) in [6, 6.07) is -0.517. The molecule has 11 nitrogen and oxygen atoms in total. The van der Waals surface area contributed by atoms with Crippen molar-refractivity contribution in [2.75, 3.05) is 5.75 Å². The van der Waals surface area contributed by atoms with Gasteiger partial charge in [0.2, 0.25) is 11.8 Å². The average Bonchev–Trinajstić information content (AvgIpc) is 3.26. The van der Waals surface area contributed by atoms with Crippen LogP contribution in [0.4, 0.5) is 0 Å². The highest BCUT2D eigenvalue weighted by molar-refractivity contribution is 7.81. The van der Waals surface area contributed by atoms with Gasteiger partial charge in [-0.1, -0.05) is 33.8 Å². The quantitative estimate of drug-likeness (QED) is 0.0991. The number of ether oxygens (including phenoxy) is 1. The second-order valence-corrected chi connectivity index (χ2v) is 14.2. The lowest BCUT2D eigenvalue weighted by molar-refractivity contribution is -0.138. The van der Waals surface area contributed by atoms with Gasteiger partial charge in [0.15, 0.2) is 5.72 Å². The van der Waals surface area contributed by atoms with Crippen molar-refractivity contribution >= 4 is 61.2 Å². The highest BCUT2D eigenvalue weighted by Crippen LogP contribution is 2.54. The first-order valence-corrected chi connectivity index (χ1v) is 17.0. The van der Waals surface area contributed by atoms with Crippen molar-refractivity contribution in [1.82, 2.24) is 20.9 Å². The molecule has 4 aliphatic heterocycles. The number of aromatic amines is 1. The highest BCUT2D eigenvalue weighted by atomic mass is 32.1. The van der Waals surface area contributed by atoms with Gasteiger partial charge in [-0.05, 0) is 48.6 Å². The van der Waals surface area contributed by atoms with E-state index in [1.807, 2.05) is 52.8 Å². The number of rotatable bonds is 11. The molecule has 1 aromatic rings. The summed E-state index contributed by atoms with van der Waals surface area (Å²) < 4.78 is 6.41. The minimum Gasteiger partial charge on any atom is -0.481 e. The standard InChI is InChI=1S/C33H44N4O7S2/c1-14-19(6-8-26(38)39)24(34-22(14)12-23-15(2)20(10-11-45)32(43)35-23)13-25-21(7-9-27(40)41)17(4)33(37-25)30(44-33)29-28(18(5)46)16(3)31(42)36-29/h10,12-13,15-18,23,28-30,34,37,45-46H,6-9,11H2,1-5H3,(H,35,43)(H,36,42)(H,38,39)(H,40,41)/b20-10-,22-12+,24-13-/t15?,16-,17?,18+,23-,28+,29?,30+,33-/m1/s1. The van der Waals surface area contributed by atoms with Crippen LogP contribution in [0.5, 0.6) is 0 Å². The molecule has 3 fully saturated rings. The summed E-state index contributed by atoms with van der Waals surface area (Å²) in [4.78, 5) is 52.0. The molecule has 3 saturated heterocycles. The first kappa shape index (κ1) is 34.2. The number of epoxide rings is 1. The number of aliphatic carboxylic acids is 2. The van der Waals surface area contributed by atoms with Crippen LogP contribution in [0.25, 0.3) is 12.2 Å². The van der Waals surface area contributed by atoms with Gasteiger partial charge in [-0.2, -0.15) is 25.3 Å². The third-order valence-electron chi connectivity index (χ3n) is 10.3. The van der Waals surface area contributed by atoms with Crippen molar-refractivity contribution in [3.63, 3.8) is 0 Å². The molecule has 9 atom stereocenters. The summed E-state index contributed by atoms with van der Waals surface area (Å²) in [5.41, 5.74) is 3.17. The molecule has 0 aromatic carbocycles. The zero-order chi connectivity index (χ0) is 33.7. The fraction of sp³-hybridized carbons (Fsp3) is 0.576. The molecule has 46 heavy (non-hydrogen) atoms. The Morgan fingerprint density at radius 1 is 1.04 bits per heavy atom. The van der Waals surface area contributed by atoms with Crippen LogP contribution in [0.1, 0.15) is 58.1 Å². The molecule has 250 valence electrons. The van der Waals surface area contributed by atoms with Crippen LogP contribution in [-0.2, 0) is 30.3 Å². The number of aromatic nitrogens is 1. The van der Waals surface area contributed by atoms with Gasteiger partial charge in [0.1, 0.15) is 6.10 Å². The number of hydrogen-bond donors (Lipinski definition) is 8. The second-order valence-electron chi connectivity index (χ2n) is 13.0. The first-order chi connectivity index (χ1) is 21.7. The van der Waals surface area contributed by atoms with Gasteiger partial charge in [0, 0.05) is 69.5 Å². The van der Waals surface area contributed by atoms with E-state index in [-0.39, 0.29) is 78.2 Å². The number of allylic oxidation sites excluding steroid dienone is 1. The van der Waals surface area contributed by atoms with Crippen LogP contribution < -0.4 is 26.6 Å². The normalized spacial score (nSPS) is 34.4. The SMILES string of the molecule is Cc1c(CCC(=O)O)/c(=C/C2=C(CCC(=O)O)C(C)[C@@]3(N2)O[C@H]3C2NC(=O)[C@H](C)[C@H]2[C@H](C)S)[nH]/c1=C/[C@H]1NC(=O)/C(=C\CS)C1C. The monoisotopic (exact) mass is 672 g/mol. The largest absolute Gasteiger partial charge is 0.481 e. The lowest BCUT2D eigenvalue weighted by Gasteiger charge is -2.24. The molecule has 4 aliphatic rings. The summed E-state index contributed by atoms with van der Waals surface area (Å²) in [5.74, 6) is -2.07. The lowest BCUT2D eigenvalue weighted by Crippen LogP contribution is -2.45. The number of thiol groups is 2. The summed E-state index contributed by atoms with van der Waals surface area (Å²) in [5, 5.41) is 30.2. The van der Waals surface area contributed by atoms with Crippen LogP contribution >= 0.6 is 25.3 Å². The maximum atomic E-state index is 12.7. The Labute approximate surface area is 279 Å². The number of carbonyl (C=O) groups excluding carboxylic acids is 2. The molecular weight excluding hydrogens is 629 g/mol. The molecular formula is C33H44N4O7S2. The van der Waals surface area contributed by atoms with E-state index in [1.54, 1.807) is 0 Å². The van der Waals surface area contributed by atoms with E-state index in [0.29, 0.717) is 23.1 Å². The molecule has 1 spiro atoms. The number of carboxylic acids is 2. The van der Waals surface area contributed by atoms with Gasteiger partial charge in [-0.15, -0.1) is 0 Å². The number of amides is 2. The molecule has 1 aromatic heterocycles. The maximum Gasteiger partial charge on any atom is 0.303 e. The number of hydrogen-bond acceptors (Lipinski definition) is 8. The molecule has 3 unspecified atom stereocenters. The molecule has 5 heterocycles. The third-order valence-corrected chi connectivity index (χ3v) is 10.8. The van der Waals surface area contributed by atoms with Crippen molar-refractivity contribution in [3.05, 3.63) is 44.7 Å². The predicted octanol–water partition coefficient (Wildman–Crippen LogP) is 1.41. The Kier molecular flexibility index (Phi) is 9.77. The van der Waals surface area contributed by atoms with E-state index in [2.05, 4.69) is 46.2 Å². The summed E-state index contributed by atoms with van der Waals surface area (Å²) in [7, 11) is 0. The van der Waals surface area contributed by atoms with Gasteiger partial charge < -0.3 is 35.9 Å². The van der Waals surface area contributed by atoms with Crippen LogP contribution in [0.2, 0.25) is 0 Å². The molecule has 13 heteroatoms. The number of carbonyl (C=O) groups is 4. The topological polar surface area (TPSA) is 173 Å². The van der Waals surface area contributed by atoms with Crippen LogP contribution in [0.15, 0.2) is 22.9 Å². The molecule has 0 aliphatic carbocycles. The van der Waals surface area contributed by atoms with Crippen molar-refractivity contribution in [3.8, 4) is 0 Å². The zero-order valence-corrected chi connectivity index (χ0v) is 28.5. The molecule has 0 bridgehead atoms. The molecule has 5 rings (SSSR count). The van der Waals surface area contributed by atoms with E-state index in [9.17, 15) is 29.4 Å². The fourth-order valence-corrected chi connectivity index (χ4v) is 8.26. The highest BCUT2D eigenvalue weighted by Gasteiger charge is 2.69.